The van der Waals surface area contributed by atoms with Gasteiger partial charge in [-0.2, -0.15) is 5.10 Å². The summed E-state index contributed by atoms with van der Waals surface area (Å²) in [6.07, 6.45) is 4.44. The molecule has 0 bridgehead atoms. The van der Waals surface area contributed by atoms with E-state index in [1.165, 1.54) is 0 Å². The number of thiazole rings is 1. The normalized spacial score (nSPS) is 13.2. The second kappa shape index (κ2) is 8.97. The zero-order valence-corrected chi connectivity index (χ0v) is 18.7. The van der Waals surface area contributed by atoms with E-state index in [1.54, 1.807) is 35.6 Å². The monoisotopic (exact) mass is 439 g/mol. The zero-order chi connectivity index (χ0) is 22.0. The second-order valence-electron chi connectivity index (χ2n) is 7.49. The van der Waals surface area contributed by atoms with Crippen LogP contribution in [-0.2, 0) is 35.5 Å². The van der Waals surface area contributed by atoms with Gasteiger partial charge in [-0.15, -0.1) is 11.3 Å². The number of hydrogen-bond acceptors (Lipinski definition) is 7. The van der Waals surface area contributed by atoms with Crippen molar-refractivity contribution >= 4 is 23.2 Å². The van der Waals surface area contributed by atoms with E-state index < -0.39 is 5.97 Å². The molecule has 0 saturated heterocycles. The topological polar surface area (TPSA) is 90.2 Å². The molecule has 0 aromatic carbocycles. The van der Waals surface area contributed by atoms with E-state index in [0.29, 0.717) is 38.2 Å². The van der Waals surface area contributed by atoms with Gasteiger partial charge in [-0.3, -0.25) is 14.5 Å². The van der Waals surface area contributed by atoms with Gasteiger partial charge in [0.25, 0.3) is 0 Å². The molecular weight excluding hydrogens is 414 g/mol. The van der Waals surface area contributed by atoms with Gasteiger partial charge in [0.2, 0.25) is 5.91 Å². The van der Waals surface area contributed by atoms with E-state index in [1.807, 2.05) is 30.7 Å². The summed E-state index contributed by atoms with van der Waals surface area (Å²) in [6, 6.07) is 3.85. The van der Waals surface area contributed by atoms with Gasteiger partial charge < -0.3 is 9.64 Å². The summed E-state index contributed by atoms with van der Waals surface area (Å²) in [5, 5.41) is 5.54. The van der Waals surface area contributed by atoms with E-state index in [4.69, 9.17) is 4.74 Å². The summed E-state index contributed by atoms with van der Waals surface area (Å²) in [4.78, 5) is 36.8. The minimum atomic E-state index is -0.449. The molecule has 162 valence electrons. The number of pyridine rings is 1. The Balaban J connectivity index is 1.59. The summed E-state index contributed by atoms with van der Waals surface area (Å²) in [6.45, 7) is 7.41. The number of aryl methyl sites for hydroxylation is 2. The maximum atomic E-state index is 13.0. The largest absolute Gasteiger partial charge is 0.461 e. The molecule has 8 nitrogen and oxygen atoms in total. The quantitative estimate of drug-likeness (QED) is 0.549. The van der Waals surface area contributed by atoms with Gasteiger partial charge in [0.1, 0.15) is 0 Å². The Morgan fingerprint density at radius 1 is 1.23 bits per heavy atom. The van der Waals surface area contributed by atoms with E-state index in [-0.39, 0.29) is 12.5 Å². The van der Waals surface area contributed by atoms with Crippen LogP contribution >= 0.6 is 11.3 Å². The summed E-state index contributed by atoms with van der Waals surface area (Å²) >= 11 is 1.56. The van der Waals surface area contributed by atoms with Gasteiger partial charge in [0.05, 0.1) is 30.3 Å². The number of carbonyl (C=O) groups excluding carboxylic acids is 2. The number of rotatable bonds is 6. The predicted molar refractivity (Wildman–Crippen MR) is 116 cm³/mol. The van der Waals surface area contributed by atoms with Crippen molar-refractivity contribution in [3.63, 3.8) is 0 Å². The van der Waals surface area contributed by atoms with Crippen LogP contribution in [0.15, 0.2) is 24.5 Å². The number of fused-ring (bicyclic) bond motifs is 1. The van der Waals surface area contributed by atoms with Gasteiger partial charge >= 0.3 is 5.97 Å². The molecule has 0 spiro atoms. The molecular formula is C22H25N5O3S. The number of nitrogens with zero attached hydrogens (tertiary/aromatic N) is 5. The van der Waals surface area contributed by atoms with Crippen LogP contribution in [0.2, 0.25) is 0 Å². The first kappa shape index (κ1) is 21.2. The molecule has 0 aliphatic carbocycles. The van der Waals surface area contributed by atoms with Crippen molar-refractivity contribution in [2.45, 2.75) is 46.7 Å². The van der Waals surface area contributed by atoms with Crippen LogP contribution in [0.1, 0.15) is 49.8 Å². The first-order chi connectivity index (χ1) is 15.0. The van der Waals surface area contributed by atoms with E-state index in [0.717, 1.165) is 32.4 Å². The van der Waals surface area contributed by atoms with Crippen molar-refractivity contribution in [1.82, 2.24) is 24.6 Å². The fraction of sp³-hybridized carbons (Fsp3) is 0.409. The molecule has 0 unspecified atom stereocenters. The van der Waals surface area contributed by atoms with E-state index in [2.05, 4.69) is 15.1 Å². The minimum absolute atomic E-state index is 0.0362. The third-order valence-corrected chi connectivity index (χ3v) is 6.42. The van der Waals surface area contributed by atoms with Crippen molar-refractivity contribution < 1.29 is 14.3 Å². The third kappa shape index (κ3) is 4.51. The number of ether oxygens (including phenoxy) is 1. The Kier molecular flexibility index (Phi) is 6.13. The van der Waals surface area contributed by atoms with Crippen LogP contribution < -0.4 is 0 Å². The van der Waals surface area contributed by atoms with Crippen molar-refractivity contribution in [3.05, 3.63) is 62.6 Å². The Labute approximate surface area is 184 Å². The molecule has 0 atom stereocenters. The number of hydrogen-bond donors (Lipinski definition) is 0. The lowest BCUT2D eigenvalue weighted by atomic mass is 10.0. The molecule has 0 saturated carbocycles. The standard InChI is InChI=1S/C22H25N5O3S/c1-4-30-22(29)21-17-13-26(20(28)11-19-14(2)24-15(3)31-19)10-7-18(17)27(25-21)12-16-5-8-23-9-6-16/h5-6,8-9H,4,7,10-13H2,1-3H3. The highest BCUT2D eigenvalue weighted by Gasteiger charge is 2.31. The molecule has 3 aromatic rings. The van der Waals surface area contributed by atoms with Crippen LogP contribution in [0.5, 0.6) is 0 Å². The van der Waals surface area contributed by atoms with E-state index in [9.17, 15) is 9.59 Å². The molecule has 9 heteroatoms. The molecule has 1 aliphatic rings. The Bertz CT molecular complexity index is 1110. The summed E-state index contributed by atoms with van der Waals surface area (Å²) < 4.78 is 7.09. The second-order valence-corrected chi connectivity index (χ2v) is 8.78. The average molecular weight is 440 g/mol. The highest BCUT2D eigenvalue weighted by molar-refractivity contribution is 7.11. The lowest BCUT2D eigenvalue weighted by Gasteiger charge is -2.28. The molecule has 0 fully saturated rings. The van der Waals surface area contributed by atoms with Gasteiger partial charge in [-0.1, -0.05) is 0 Å². The van der Waals surface area contributed by atoms with Crippen molar-refractivity contribution in [2.24, 2.45) is 0 Å². The lowest BCUT2D eigenvalue weighted by molar-refractivity contribution is -0.131. The molecule has 3 aromatic heterocycles. The molecule has 1 aliphatic heterocycles. The van der Waals surface area contributed by atoms with Gasteiger partial charge in [-0.05, 0) is 38.5 Å². The first-order valence-electron chi connectivity index (χ1n) is 10.3. The van der Waals surface area contributed by atoms with Crippen molar-refractivity contribution in [3.8, 4) is 0 Å². The lowest BCUT2D eigenvalue weighted by Crippen LogP contribution is -2.37. The smallest absolute Gasteiger partial charge is 0.359 e. The highest BCUT2D eigenvalue weighted by Crippen LogP contribution is 2.26. The van der Waals surface area contributed by atoms with Crippen LogP contribution in [-0.4, -0.2) is 49.7 Å². The van der Waals surface area contributed by atoms with Crippen LogP contribution in [0.4, 0.5) is 0 Å². The fourth-order valence-corrected chi connectivity index (χ4v) is 4.77. The number of amides is 1. The van der Waals surface area contributed by atoms with Gasteiger partial charge in [-0.25, -0.2) is 9.78 Å². The van der Waals surface area contributed by atoms with Crippen LogP contribution in [0, 0.1) is 13.8 Å². The van der Waals surface area contributed by atoms with Gasteiger partial charge in [0, 0.05) is 48.0 Å². The van der Waals surface area contributed by atoms with Crippen LogP contribution in [0.3, 0.4) is 0 Å². The molecule has 1 amide bonds. The predicted octanol–water partition coefficient (Wildman–Crippen LogP) is 2.70. The summed E-state index contributed by atoms with van der Waals surface area (Å²) in [7, 11) is 0. The SMILES string of the molecule is CCOC(=O)c1nn(Cc2ccncc2)c2c1CN(C(=O)Cc1sc(C)nc1C)CC2. The number of aromatic nitrogens is 4. The van der Waals surface area contributed by atoms with Crippen LogP contribution in [0.25, 0.3) is 0 Å². The molecule has 31 heavy (non-hydrogen) atoms. The molecule has 0 N–H and O–H groups in total. The molecule has 4 rings (SSSR count). The minimum Gasteiger partial charge on any atom is -0.461 e. The Morgan fingerprint density at radius 2 is 2.00 bits per heavy atom. The Hall–Kier alpha value is -3.07. The first-order valence-corrected chi connectivity index (χ1v) is 11.1. The number of esters is 1. The molecule has 4 heterocycles. The summed E-state index contributed by atoms with van der Waals surface area (Å²) in [5.74, 6) is -0.412. The van der Waals surface area contributed by atoms with Gasteiger partial charge in [0.15, 0.2) is 5.69 Å². The maximum Gasteiger partial charge on any atom is 0.359 e. The maximum absolute atomic E-state index is 13.0. The van der Waals surface area contributed by atoms with Crippen molar-refractivity contribution in [2.75, 3.05) is 13.2 Å². The van der Waals surface area contributed by atoms with Crippen molar-refractivity contribution in [1.29, 1.82) is 0 Å². The highest BCUT2D eigenvalue weighted by atomic mass is 32.1. The number of carbonyl (C=O) groups is 2. The summed E-state index contributed by atoms with van der Waals surface area (Å²) in [5.41, 5.74) is 4.02. The fourth-order valence-electron chi connectivity index (χ4n) is 3.85. The molecule has 0 radical (unpaired) electrons. The van der Waals surface area contributed by atoms with E-state index >= 15 is 0 Å². The Morgan fingerprint density at radius 3 is 2.68 bits per heavy atom. The third-order valence-electron chi connectivity index (χ3n) is 5.35. The average Bonchev–Trinajstić information content (AvgIpc) is 3.27. The zero-order valence-electron chi connectivity index (χ0n) is 17.9.